The molecule has 0 radical (unpaired) electrons. The van der Waals surface area contributed by atoms with E-state index in [1.807, 2.05) is 26.0 Å². The molecule has 0 unspecified atom stereocenters. The average molecular weight is 467 g/mol. The number of alkyl halides is 3. The molecule has 2 aliphatic rings. The van der Waals surface area contributed by atoms with E-state index >= 15 is 0 Å². The van der Waals surface area contributed by atoms with E-state index in [-0.39, 0.29) is 29.9 Å². The third-order valence-corrected chi connectivity index (χ3v) is 6.56. The third-order valence-electron chi connectivity index (χ3n) is 6.56. The van der Waals surface area contributed by atoms with Crippen LogP contribution in [0.1, 0.15) is 49.3 Å². The van der Waals surface area contributed by atoms with E-state index in [1.54, 1.807) is 30.3 Å². The smallest absolute Gasteiger partial charge is 0.417 e. The van der Waals surface area contributed by atoms with Crippen molar-refractivity contribution in [2.75, 3.05) is 12.1 Å². The zero-order valence-corrected chi connectivity index (χ0v) is 18.8. The lowest BCUT2D eigenvalue weighted by Crippen LogP contribution is -2.28. The SMILES string of the molecule is CC(C)c1cccc(-c2ccc(NC(=O)C3(c4ccc5c(c4)OCO5)CC3)cc2C(F)(F)F)c1. The number of halogens is 3. The zero-order chi connectivity index (χ0) is 24.1. The second-order valence-electron chi connectivity index (χ2n) is 9.14. The van der Waals surface area contributed by atoms with Crippen molar-refractivity contribution in [2.24, 2.45) is 0 Å². The van der Waals surface area contributed by atoms with Gasteiger partial charge in [0, 0.05) is 5.69 Å². The molecule has 1 aliphatic heterocycles. The third kappa shape index (κ3) is 4.00. The summed E-state index contributed by atoms with van der Waals surface area (Å²) in [5.74, 6) is 1.06. The summed E-state index contributed by atoms with van der Waals surface area (Å²) in [5.41, 5.74) is 0.881. The van der Waals surface area contributed by atoms with Crippen LogP contribution in [0.5, 0.6) is 11.5 Å². The Hall–Kier alpha value is -3.48. The molecule has 0 aromatic heterocycles. The van der Waals surface area contributed by atoms with Crippen molar-refractivity contribution in [3.8, 4) is 22.6 Å². The van der Waals surface area contributed by atoms with Crippen LogP contribution in [0, 0.1) is 0 Å². The standard InChI is InChI=1S/C27H24F3NO3/c1-16(2)17-4-3-5-18(12-17)21-8-7-20(14-22(21)27(28,29)30)31-25(32)26(10-11-26)19-6-9-23-24(13-19)34-15-33-23/h3-9,12-14,16H,10-11,15H2,1-2H3,(H,31,32). The van der Waals surface area contributed by atoms with Gasteiger partial charge in [0.1, 0.15) is 0 Å². The molecule has 3 aromatic rings. The topological polar surface area (TPSA) is 47.6 Å². The van der Waals surface area contributed by atoms with E-state index in [9.17, 15) is 18.0 Å². The van der Waals surface area contributed by atoms with Crippen LogP contribution in [-0.4, -0.2) is 12.7 Å². The number of rotatable bonds is 5. The van der Waals surface area contributed by atoms with Crippen molar-refractivity contribution < 1.29 is 27.4 Å². The Morgan fingerprint density at radius 3 is 2.44 bits per heavy atom. The summed E-state index contributed by atoms with van der Waals surface area (Å²) in [6.07, 6.45) is -3.34. The molecule has 1 fully saturated rings. The first kappa shape index (κ1) is 22.3. The number of nitrogens with one attached hydrogen (secondary N) is 1. The van der Waals surface area contributed by atoms with Crippen LogP contribution in [0.25, 0.3) is 11.1 Å². The highest BCUT2D eigenvalue weighted by molar-refractivity contribution is 6.01. The molecule has 1 heterocycles. The second-order valence-corrected chi connectivity index (χ2v) is 9.14. The van der Waals surface area contributed by atoms with Crippen LogP contribution >= 0.6 is 0 Å². The van der Waals surface area contributed by atoms with Crippen LogP contribution in [0.4, 0.5) is 18.9 Å². The van der Waals surface area contributed by atoms with Crippen LogP contribution in [-0.2, 0) is 16.4 Å². The van der Waals surface area contributed by atoms with E-state index in [2.05, 4.69) is 5.32 Å². The summed E-state index contributed by atoms with van der Waals surface area (Å²) in [4.78, 5) is 13.2. The fourth-order valence-corrected chi connectivity index (χ4v) is 4.39. The van der Waals surface area contributed by atoms with E-state index < -0.39 is 17.2 Å². The van der Waals surface area contributed by atoms with Crippen molar-refractivity contribution >= 4 is 11.6 Å². The molecule has 0 saturated heterocycles. The van der Waals surface area contributed by atoms with Gasteiger partial charge in [-0.3, -0.25) is 4.79 Å². The number of benzene rings is 3. The predicted molar refractivity (Wildman–Crippen MR) is 123 cm³/mol. The van der Waals surface area contributed by atoms with Crippen molar-refractivity contribution in [3.63, 3.8) is 0 Å². The highest BCUT2D eigenvalue weighted by atomic mass is 19.4. The number of hydrogen-bond donors (Lipinski definition) is 1. The minimum absolute atomic E-state index is 0.0879. The van der Waals surface area contributed by atoms with Gasteiger partial charge in [0.25, 0.3) is 0 Å². The van der Waals surface area contributed by atoms with Crippen LogP contribution in [0.3, 0.4) is 0 Å². The molecule has 5 rings (SSSR count). The quantitative estimate of drug-likeness (QED) is 0.444. The fraction of sp³-hybridized carbons (Fsp3) is 0.296. The molecule has 0 spiro atoms. The Balaban J connectivity index is 1.45. The van der Waals surface area contributed by atoms with Crippen molar-refractivity contribution in [1.29, 1.82) is 0 Å². The minimum atomic E-state index is -4.57. The normalized spacial score (nSPS) is 15.9. The van der Waals surface area contributed by atoms with Gasteiger partial charge in [-0.05, 0) is 65.3 Å². The van der Waals surface area contributed by atoms with Crippen LogP contribution < -0.4 is 14.8 Å². The van der Waals surface area contributed by atoms with E-state index in [1.165, 1.54) is 12.1 Å². The molecule has 4 nitrogen and oxygen atoms in total. The molecule has 7 heteroatoms. The fourth-order valence-electron chi connectivity index (χ4n) is 4.39. The van der Waals surface area contributed by atoms with Gasteiger partial charge in [-0.15, -0.1) is 0 Å². The van der Waals surface area contributed by atoms with Crippen molar-refractivity contribution in [3.05, 3.63) is 77.4 Å². The Morgan fingerprint density at radius 1 is 0.971 bits per heavy atom. The lowest BCUT2D eigenvalue weighted by atomic mass is 9.93. The molecule has 176 valence electrons. The predicted octanol–water partition coefficient (Wildman–Crippen LogP) is 6.89. The largest absolute Gasteiger partial charge is 0.454 e. The van der Waals surface area contributed by atoms with Gasteiger partial charge < -0.3 is 14.8 Å². The van der Waals surface area contributed by atoms with Crippen molar-refractivity contribution in [1.82, 2.24) is 0 Å². The Morgan fingerprint density at radius 2 is 1.74 bits per heavy atom. The number of carbonyl (C=O) groups excluding carboxylic acids is 1. The van der Waals surface area contributed by atoms with Crippen molar-refractivity contribution in [2.45, 2.75) is 44.2 Å². The lowest BCUT2D eigenvalue weighted by Gasteiger charge is -2.19. The average Bonchev–Trinajstić information content (AvgIpc) is 3.49. The number of carbonyl (C=O) groups is 1. The maximum atomic E-state index is 14.0. The Labute approximate surface area is 195 Å². The molecule has 0 bridgehead atoms. The van der Waals surface area contributed by atoms with Gasteiger partial charge >= 0.3 is 6.18 Å². The summed E-state index contributed by atoms with van der Waals surface area (Å²) >= 11 is 0. The first-order chi connectivity index (χ1) is 16.2. The van der Waals surface area contributed by atoms with Gasteiger partial charge in [-0.1, -0.05) is 50.2 Å². The van der Waals surface area contributed by atoms with Gasteiger partial charge in [0.15, 0.2) is 11.5 Å². The molecule has 1 amide bonds. The zero-order valence-electron chi connectivity index (χ0n) is 18.8. The van der Waals surface area contributed by atoms with Gasteiger partial charge in [-0.2, -0.15) is 13.2 Å². The molecule has 1 N–H and O–H groups in total. The molecular formula is C27H24F3NO3. The van der Waals surface area contributed by atoms with E-state index in [0.29, 0.717) is 29.9 Å². The highest BCUT2D eigenvalue weighted by Crippen LogP contribution is 2.51. The molecule has 3 aromatic carbocycles. The van der Waals surface area contributed by atoms with Gasteiger partial charge in [0.05, 0.1) is 11.0 Å². The van der Waals surface area contributed by atoms with Crippen LogP contribution in [0.15, 0.2) is 60.7 Å². The van der Waals surface area contributed by atoms with Gasteiger partial charge in [-0.25, -0.2) is 0 Å². The summed E-state index contributed by atoms with van der Waals surface area (Å²) < 4.78 is 52.8. The Bertz CT molecular complexity index is 1260. The molecule has 1 saturated carbocycles. The molecule has 34 heavy (non-hydrogen) atoms. The molecule has 1 aliphatic carbocycles. The summed E-state index contributed by atoms with van der Waals surface area (Å²) in [6, 6.07) is 16.5. The highest BCUT2D eigenvalue weighted by Gasteiger charge is 2.51. The first-order valence-corrected chi connectivity index (χ1v) is 11.2. The number of anilines is 1. The molecular weight excluding hydrogens is 443 g/mol. The van der Waals surface area contributed by atoms with Gasteiger partial charge in [0.2, 0.25) is 12.7 Å². The second kappa shape index (κ2) is 8.08. The number of fused-ring (bicyclic) bond motifs is 1. The number of hydrogen-bond acceptors (Lipinski definition) is 3. The number of ether oxygens (including phenoxy) is 2. The minimum Gasteiger partial charge on any atom is -0.454 e. The monoisotopic (exact) mass is 467 g/mol. The van der Waals surface area contributed by atoms with E-state index in [0.717, 1.165) is 17.2 Å². The maximum absolute atomic E-state index is 14.0. The summed E-state index contributed by atoms with van der Waals surface area (Å²) in [5, 5.41) is 2.72. The first-order valence-electron chi connectivity index (χ1n) is 11.2. The number of amides is 1. The summed E-state index contributed by atoms with van der Waals surface area (Å²) in [7, 11) is 0. The Kier molecular flexibility index (Phi) is 5.30. The molecule has 0 atom stereocenters. The van der Waals surface area contributed by atoms with E-state index in [4.69, 9.17) is 9.47 Å². The summed E-state index contributed by atoms with van der Waals surface area (Å²) in [6.45, 7) is 4.12. The van der Waals surface area contributed by atoms with Crippen LogP contribution in [0.2, 0.25) is 0 Å². The maximum Gasteiger partial charge on any atom is 0.417 e. The lowest BCUT2D eigenvalue weighted by molar-refractivity contribution is -0.137.